The Balaban J connectivity index is 2.26. The normalized spacial score (nSPS) is 18.8. The Kier molecular flexibility index (Phi) is 3.65. The molecule has 0 unspecified atom stereocenters. The van der Waals surface area contributed by atoms with Crippen LogP contribution in [0.15, 0.2) is 0 Å². The lowest BCUT2D eigenvalue weighted by Gasteiger charge is -2.14. The van der Waals surface area contributed by atoms with Crippen molar-refractivity contribution in [1.82, 2.24) is 0 Å². The Labute approximate surface area is 84.4 Å². The number of ether oxygens (including phenoxy) is 1. The molecule has 1 aliphatic rings. The van der Waals surface area contributed by atoms with Crippen molar-refractivity contribution in [2.75, 3.05) is 12.9 Å². The van der Waals surface area contributed by atoms with Crippen molar-refractivity contribution in [3.63, 3.8) is 0 Å². The van der Waals surface area contributed by atoms with E-state index in [9.17, 15) is 4.79 Å². The molecule has 0 heterocycles. The molecule has 0 aromatic heterocycles. The van der Waals surface area contributed by atoms with Crippen LogP contribution in [0.25, 0.3) is 0 Å². The highest BCUT2D eigenvalue weighted by atomic mass is 32.2. The number of carbonyl (C=O) groups is 1. The van der Waals surface area contributed by atoms with Crippen LogP contribution in [-0.2, 0) is 9.53 Å². The molecule has 1 fully saturated rings. The van der Waals surface area contributed by atoms with Gasteiger partial charge in [0.25, 0.3) is 0 Å². The zero-order valence-electron chi connectivity index (χ0n) is 8.63. The standard InChI is InChI=1S/C10H18O2S/c1-8(2)13-7-10(4-5-10)6-9(11)12-3/h8H,4-7H2,1-3H3. The van der Waals surface area contributed by atoms with Gasteiger partial charge in [-0.3, -0.25) is 4.79 Å². The minimum atomic E-state index is -0.0538. The van der Waals surface area contributed by atoms with Crippen LogP contribution in [0.2, 0.25) is 0 Å². The first-order chi connectivity index (χ1) is 6.08. The van der Waals surface area contributed by atoms with Gasteiger partial charge in [-0.2, -0.15) is 11.8 Å². The molecule has 76 valence electrons. The zero-order chi connectivity index (χ0) is 9.90. The highest BCUT2D eigenvalue weighted by Crippen LogP contribution is 2.51. The molecule has 0 atom stereocenters. The second kappa shape index (κ2) is 4.36. The molecule has 0 aromatic rings. The Hall–Kier alpha value is -0.180. The molecule has 2 nitrogen and oxygen atoms in total. The van der Waals surface area contributed by atoms with Crippen LogP contribution in [0.4, 0.5) is 0 Å². The predicted molar refractivity (Wildman–Crippen MR) is 55.9 cm³/mol. The van der Waals surface area contributed by atoms with Gasteiger partial charge < -0.3 is 4.74 Å². The smallest absolute Gasteiger partial charge is 0.306 e. The molecule has 1 aliphatic carbocycles. The topological polar surface area (TPSA) is 26.3 Å². The number of esters is 1. The lowest BCUT2D eigenvalue weighted by atomic mass is 10.1. The highest BCUT2D eigenvalue weighted by molar-refractivity contribution is 7.99. The third kappa shape index (κ3) is 3.59. The van der Waals surface area contributed by atoms with Gasteiger partial charge in [0.15, 0.2) is 0 Å². The minimum absolute atomic E-state index is 0.0538. The van der Waals surface area contributed by atoms with E-state index in [2.05, 4.69) is 18.6 Å². The predicted octanol–water partition coefficient (Wildman–Crippen LogP) is 2.47. The summed E-state index contributed by atoms with van der Waals surface area (Å²) in [5.74, 6) is 1.06. The van der Waals surface area contributed by atoms with E-state index in [1.165, 1.54) is 20.0 Å². The second-order valence-corrected chi connectivity index (χ2v) is 5.68. The second-order valence-electron chi connectivity index (χ2n) is 4.11. The fourth-order valence-electron chi connectivity index (χ4n) is 1.27. The molecule has 3 heteroatoms. The quantitative estimate of drug-likeness (QED) is 0.641. The van der Waals surface area contributed by atoms with Crippen molar-refractivity contribution in [1.29, 1.82) is 0 Å². The summed E-state index contributed by atoms with van der Waals surface area (Å²) in [6.07, 6.45) is 3.01. The van der Waals surface area contributed by atoms with Crippen molar-refractivity contribution >= 4 is 17.7 Å². The Bertz CT molecular complexity index is 185. The molecule has 13 heavy (non-hydrogen) atoms. The lowest BCUT2D eigenvalue weighted by molar-refractivity contribution is -0.141. The van der Waals surface area contributed by atoms with E-state index in [0.717, 1.165) is 5.75 Å². The summed E-state index contributed by atoms with van der Waals surface area (Å²) < 4.78 is 4.68. The summed E-state index contributed by atoms with van der Waals surface area (Å²) >= 11 is 1.95. The third-order valence-corrected chi connectivity index (χ3v) is 3.87. The maximum atomic E-state index is 11.1. The van der Waals surface area contributed by atoms with Gasteiger partial charge >= 0.3 is 5.97 Å². The van der Waals surface area contributed by atoms with Crippen molar-refractivity contribution in [2.24, 2.45) is 5.41 Å². The van der Waals surface area contributed by atoms with Crippen LogP contribution < -0.4 is 0 Å². The molecule has 0 amide bonds. The summed E-state index contributed by atoms with van der Waals surface area (Å²) in [6.45, 7) is 4.39. The summed E-state index contributed by atoms with van der Waals surface area (Å²) in [6, 6.07) is 0. The molecule has 0 saturated heterocycles. The van der Waals surface area contributed by atoms with E-state index in [-0.39, 0.29) is 5.97 Å². The van der Waals surface area contributed by atoms with E-state index >= 15 is 0 Å². The maximum absolute atomic E-state index is 11.1. The fourth-order valence-corrected chi connectivity index (χ4v) is 2.35. The van der Waals surface area contributed by atoms with Gasteiger partial charge in [-0.25, -0.2) is 0 Å². The van der Waals surface area contributed by atoms with E-state index in [1.54, 1.807) is 0 Å². The molecule has 0 radical (unpaired) electrons. The first kappa shape index (κ1) is 10.9. The number of hydrogen-bond donors (Lipinski definition) is 0. The largest absolute Gasteiger partial charge is 0.469 e. The van der Waals surface area contributed by atoms with Gasteiger partial charge in [0.1, 0.15) is 0 Å². The van der Waals surface area contributed by atoms with Crippen LogP contribution in [0, 0.1) is 5.41 Å². The molecular formula is C10H18O2S. The van der Waals surface area contributed by atoms with Gasteiger partial charge in [0, 0.05) is 0 Å². The van der Waals surface area contributed by atoms with Gasteiger partial charge in [0.05, 0.1) is 13.5 Å². The van der Waals surface area contributed by atoms with E-state index in [0.29, 0.717) is 17.1 Å². The molecule has 0 N–H and O–H groups in total. The lowest BCUT2D eigenvalue weighted by Crippen LogP contribution is -2.14. The Morgan fingerprint density at radius 1 is 1.54 bits per heavy atom. The minimum Gasteiger partial charge on any atom is -0.469 e. The van der Waals surface area contributed by atoms with Crippen molar-refractivity contribution in [3.05, 3.63) is 0 Å². The Morgan fingerprint density at radius 3 is 2.54 bits per heavy atom. The highest BCUT2D eigenvalue weighted by Gasteiger charge is 2.44. The van der Waals surface area contributed by atoms with Gasteiger partial charge in [-0.1, -0.05) is 13.8 Å². The Morgan fingerprint density at radius 2 is 2.15 bits per heavy atom. The van der Waals surface area contributed by atoms with E-state index < -0.39 is 0 Å². The monoisotopic (exact) mass is 202 g/mol. The van der Waals surface area contributed by atoms with Gasteiger partial charge in [-0.05, 0) is 29.3 Å². The van der Waals surface area contributed by atoms with Crippen LogP contribution in [0.5, 0.6) is 0 Å². The summed E-state index contributed by atoms with van der Waals surface area (Å²) in [7, 11) is 1.47. The van der Waals surface area contributed by atoms with E-state index in [4.69, 9.17) is 0 Å². The zero-order valence-corrected chi connectivity index (χ0v) is 9.45. The van der Waals surface area contributed by atoms with Crippen molar-refractivity contribution in [2.45, 2.75) is 38.4 Å². The van der Waals surface area contributed by atoms with Crippen molar-refractivity contribution in [3.8, 4) is 0 Å². The molecule has 0 spiro atoms. The van der Waals surface area contributed by atoms with Crippen LogP contribution in [0.1, 0.15) is 33.1 Å². The first-order valence-corrected chi connectivity index (χ1v) is 5.81. The summed E-state index contributed by atoms with van der Waals surface area (Å²) in [5.41, 5.74) is 0.294. The molecule has 0 aliphatic heterocycles. The van der Waals surface area contributed by atoms with Crippen molar-refractivity contribution < 1.29 is 9.53 Å². The average Bonchev–Trinajstić information content (AvgIpc) is 2.82. The van der Waals surface area contributed by atoms with Gasteiger partial charge in [-0.15, -0.1) is 0 Å². The van der Waals surface area contributed by atoms with E-state index in [1.807, 2.05) is 11.8 Å². The fraction of sp³-hybridized carbons (Fsp3) is 0.900. The molecule has 0 aromatic carbocycles. The molecule has 1 saturated carbocycles. The number of methoxy groups -OCH3 is 1. The van der Waals surface area contributed by atoms with Crippen LogP contribution in [-0.4, -0.2) is 24.1 Å². The summed E-state index contributed by atoms with van der Waals surface area (Å²) in [5, 5.41) is 0.662. The number of hydrogen-bond acceptors (Lipinski definition) is 3. The molecule has 0 bridgehead atoms. The first-order valence-electron chi connectivity index (χ1n) is 4.76. The summed E-state index contributed by atoms with van der Waals surface area (Å²) in [4.78, 5) is 11.1. The SMILES string of the molecule is COC(=O)CC1(CSC(C)C)CC1. The number of carbonyl (C=O) groups excluding carboxylic acids is 1. The molecule has 1 rings (SSSR count). The van der Waals surface area contributed by atoms with Crippen LogP contribution >= 0.6 is 11.8 Å². The molecular weight excluding hydrogens is 184 g/mol. The van der Waals surface area contributed by atoms with Gasteiger partial charge in [0.2, 0.25) is 0 Å². The third-order valence-electron chi connectivity index (χ3n) is 2.43. The van der Waals surface area contributed by atoms with Crippen LogP contribution in [0.3, 0.4) is 0 Å². The number of rotatable bonds is 5. The maximum Gasteiger partial charge on any atom is 0.306 e. The number of thioether (sulfide) groups is 1. The average molecular weight is 202 g/mol.